The molecule has 86 valence electrons. The molecule has 0 saturated carbocycles. The van der Waals surface area contributed by atoms with E-state index in [-0.39, 0.29) is 11.9 Å². The van der Waals surface area contributed by atoms with Crippen LogP contribution in [0, 0.1) is 0 Å². The molecule has 1 aromatic heterocycles. The number of aliphatic hydroxyl groups excluding tert-OH is 1. The number of carbonyl (C=O) groups is 1. The summed E-state index contributed by atoms with van der Waals surface area (Å²) in [6, 6.07) is 5.29. The quantitative estimate of drug-likeness (QED) is 0.638. The molecule has 1 saturated heterocycles. The summed E-state index contributed by atoms with van der Waals surface area (Å²) < 4.78 is 0. The molecule has 0 spiro atoms. The van der Waals surface area contributed by atoms with Crippen molar-refractivity contribution < 1.29 is 9.90 Å². The molecular formula is C11H15N3O2. The molecule has 1 amide bonds. The van der Waals surface area contributed by atoms with Crippen molar-refractivity contribution in [3.8, 4) is 0 Å². The minimum atomic E-state index is -0.411. The lowest BCUT2D eigenvalue weighted by Gasteiger charge is -2.10. The predicted octanol–water partition coefficient (Wildman–Crippen LogP) is -0.579. The van der Waals surface area contributed by atoms with Crippen LogP contribution in [0.5, 0.6) is 0 Å². The van der Waals surface area contributed by atoms with E-state index in [0.717, 1.165) is 5.69 Å². The molecule has 5 nitrogen and oxygen atoms in total. The highest BCUT2D eigenvalue weighted by Crippen LogP contribution is 2.06. The number of β-amino-alcohol motifs (C(OH)–C–C–N with tert-alkyl or cyclic N) is 1. The molecule has 1 aliphatic heterocycles. The fraction of sp³-hybridized carbons (Fsp3) is 0.455. The summed E-state index contributed by atoms with van der Waals surface area (Å²) in [6.07, 6.45) is 1.76. The molecule has 2 rings (SSSR count). The number of carbonyl (C=O) groups excluding carboxylic acids is 1. The maximum Gasteiger partial charge on any atom is 0.237 e. The summed E-state index contributed by atoms with van der Waals surface area (Å²) in [4.78, 5) is 15.8. The van der Waals surface area contributed by atoms with Gasteiger partial charge in [0.25, 0.3) is 0 Å². The minimum Gasteiger partial charge on any atom is -0.392 e. The molecule has 0 aliphatic carbocycles. The Hall–Kier alpha value is -1.46. The topological polar surface area (TPSA) is 74.2 Å². The first kappa shape index (κ1) is 11.0. The zero-order valence-corrected chi connectivity index (χ0v) is 8.89. The summed E-state index contributed by atoms with van der Waals surface area (Å²) in [6.45, 7) is 0.912. The van der Waals surface area contributed by atoms with E-state index in [2.05, 4.69) is 15.6 Å². The summed E-state index contributed by atoms with van der Waals surface area (Å²) in [5.41, 5.74) is 0.828. The fourth-order valence-corrected chi connectivity index (χ4v) is 1.72. The van der Waals surface area contributed by atoms with E-state index in [4.69, 9.17) is 0 Å². The standard InChI is InChI=1S/C11H15N3O2/c15-9-5-10(13-7-9)11(16)14-6-8-3-1-2-4-12-8/h1-4,9-10,13,15H,5-7H2,(H,14,16)/t9-,10+/m1/s1. The highest BCUT2D eigenvalue weighted by atomic mass is 16.3. The van der Waals surface area contributed by atoms with Gasteiger partial charge in [-0.2, -0.15) is 0 Å². The average Bonchev–Trinajstić information content (AvgIpc) is 2.74. The molecular weight excluding hydrogens is 206 g/mol. The lowest BCUT2D eigenvalue weighted by Crippen LogP contribution is -2.40. The van der Waals surface area contributed by atoms with Crippen LogP contribution in [0.15, 0.2) is 24.4 Å². The molecule has 3 N–H and O–H groups in total. The number of nitrogens with one attached hydrogen (secondary N) is 2. The summed E-state index contributed by atoms with van der Waals surface area (Å²) in [5.74, 6) is -0.0813. The van der Waals surface area contributed by atoms with E-state index in [1.165, 1.54) is 0 Å². The molecule has 0 unspecified atom stereocenters. The number of hydrogen-bond acceptors (Lipinski definition) is 4. The third kappa shape index (κ3) is 2.77. The Morgan fingerprint density at radius 2 is 2.50 bits per heavy atom. The van der Waals surface area contributed by atoms with Crippen molar-refractivity contribution in [2.75, 3.05) is 6.54 Å². The molecule has 0 bridgehead atoms. The zero-order chi connectivity index (χ0) is 11.4. The molecule has 1 fully saturated rings. The zero-order valence-electron chi connectivity index (χ0n) is 8.89. The first-order chi connectivity index (χ1) is 7.75. The van der Waals surface area contributed by atoms with Crippen molar-refractivity contribution in [3.05, 3.63) is 30.1 Å². The Bertz CT molecular complexity index is 356. The SMILES string of the molecule is O=C(NCc1ccccn1)[C@@H]1C[C@@H](O)CN1. The maximum absolute atomic E-state index is 11.7. The van der Waals surface area contributed by atoms with Gasteiger partial charge in [0.2, 0.25) is 5.91 Å². The Balaban J connectivity index is 1.80. The van der Waals surface area contributed by atoms with E-state index < -0.39 is 6.10 Å². The van der Waals surface area contributed by atoms with E-state index in [9.17, 15) is 9.90 Å². The third-order valence-corrected chi connectivity index (χ3v) is 2.59. The van der Waals surface area contributed by atoms with Gasteiger partial charge in [0.1, 0.15) is 0 Å². The summed E-state index contributed by atoms with van der Waals surface area (Å²) in [7, 11) is 0. The monoisotopic (exact) mass is 221 g/mol. The normalized spacial score (nSPS) is 24.3. The number of rotatable bonds is 3. The van der Waals surface area contributed by atoms with Gasteiger partial charge in [0, 0.05) is 12.7 Å². The second kappa shape index (κ2) is 5.05. The van der Waals surface area contributed by atoms with Crippen LogP contribution < -0.4 is 10.6 Å². The van der Waals surface area contributed by atoms with E-state index >= 15 is 0 Å². The van der Waals surface area contributed by atoms with Crippen molar-refractivity contribution in [1.29, 1.82) is 0 Å². The van der Waals surface area contributed by atoms with Crippen molar-refractivity contribution in [2.45, 2.75) is 25.1 Å². The van der Waals surface area contributed by atoms with Crippen LogP contribution in [0.2, 0.25) is 0 Å². The Labute approximate surface area is 93.9 Å². The van der Waals surface area contributed by atoms with Gasteiger partial charge < -0.3 is 15.7 Å². The highest BCUT2D eigenvalue weighted by Gasteiger charge is 2.27. The van der Waals surface area contributed by atoms with Crippen molar-refractivity contribution in [2.24, 2.45) is 0 Å². The third-order valence-electron chi connectivity index (χ3n) is 2.59. The van der Waals surface area contributed by atoms with Crippen LogP contribution in [0.25, 0.3) is 0 Å². The number of amides is 1. The van der Waals surface area contributed by atoms with Gasteiger partial charge in [0.05, 0.1) is 24.4 Å². The fourth-order valence-electron chi connectivity index (χ4n) is 1.72. The predicted molar refractivity (Wildman–Crippen MR) is 58.5 cm³/mol. The number of hydrogen-bond donors (Lipinski definition) is 3. The van der Waals surface area contributed by atoms with Gasteiger partial charge in [-0.15, -0.1) is 0 Å². The lowest BCUT2D eigenvalue weighted by molar-refractivity contribution is -0.123. The van der Waals surface area contributed by atoms with Crippen LogP contribution in [0.3, 0.4) is 0 Å². The lowest BCUT2D eigenvalue weighted by atomic mass is 10.2. The first-order valence-corrected chi connectivity index (χ1v) is 5.35. The number of pyridine rings is 1. The first-order valence-electron chi connectivity index (χ1n) is 5.35. The Kier molecular flexibility index (Phi) is 3.48. The number of aromatic nitrogens is 1. The summed E-state index contributed by atoms with van der Waals surface area (Å²) in [5, 5.41) is 15.0. The van der Waals surface area contributed by atoms with Crippen LogP contribution in [0.1, 0.15) is 12.1 Å². The second-order valence-electron chi connectivity index (χ2n) is 3.89. The second-order valence-corrected chi connectivity index (χ2v) is 3.89. The van der Waals surface area contributed by atoms with Crippen LogP contribution in [0.4, 0.5) is 0 Å². The molecule has 2 heterocycles. The molecule has 0 aromatic carbocycles. The van der Waals surface area contributed by atoms with Gasteiger partial charge in [-0.3, -0.25) is 9.78 Å². The Morgan fingerprint density at radius 3 is 3.12 bits per heavy atom. The number of nitrogens with zero attached hydrogens (tertiary/aromatic N) is 1. The summed E-state index contributed by atoms with van der Waals surface area (Å²) >= 11 is 0. The largest absolute Gasteiger partial charge is 0.392 e. The van der Waals surface area contributed by atoms with Gasteiger partial charge in [-0.05, 0) is 18.6 Å². The van der Waals surface area contributed by atoms with Gasteiger partial charge in [-0.1, -0.05) is 6.07 Å². The highest BCUT2D eigenvalue weighted by molar-refractivity contribution is 5.82. The van der Waals surface area contributed by atoms with Crippen LogP contribution in [-0.4, -0.2) is 34.7 Å². The Morgan fingerprint density at radius 1 is 1.62 bits per heavy atom. The van der Waals surface area contributed by atoms with Crippen molar-refractivity contribution >= 4 is 5.91 Å². The maximum atomic E-state index is 11.7. The molecule has 1 aliphatic rings. The van der Waals surface area contributed by atoms with E-state index in [1.807, 2.05) is 18.2 Å². The van der Waals surface area contributed by atoms with Crippen molar-refractivity contribution in [3.63, 3.8) is 0 Å². The molecule has 0 radical (unpaired) electrons. The van der Waals surface area contributed by atoms with Gasteiger partial charge in [0.15, 0.2) is 0 Å². The average molecular weight is 221 g/mol. The van der Waals surface area contributed by atoms with E-state index in [0.29, 0.717) is 19.5 Å². The molecule has 5 heteroatoms. The molecule has 1 aromatic rings. The minimum absolute atomic E-state index is 0.0813. The van der Waals surface area contributed by atoms with Crippen molar-refractivity contribution in [1.82, 2.24) is 15.6 Å². The van der Waals surface area contributed by atoms with Crippen LogP contribution in [-0.2, 0) is 11.3 Å². The number of aliphatic hydroxyl groups is 1. The van der Waals surface area contributed by atoms with Crippen LogP contribution >= 0.6 is 0 Å². The molecule has 2 atom stereocenters. The smallest absolute Gasteiger partial charge is 0.237 e. The van der Waals surface area contributed by atoms with Gasteiger partial charge in [-0.25, -0.2) is 0 Å². The van der Waals surface area contributed by atoms with E-state index in [1.54, 1.807) is 6.20 Å². The molecule has 16 heavy (non-hydrogen) atoms. The van der Waals surface area contributed by atoms with Gasteiger partial charge >= 0.3 is 0 Å².